The molecule has 5 heteroatoms. The molecule has 0 heterocycles. The zero-order valence-corrected chi connectivity index (χ0v) is 15.1. The third-order valence-electron chi connectivity index (χ3n) is 3.89. The molecule has 0 aliphatic rings. The number of nitrogens with one attached hydrogen (secondary N) is 2. The lowest BCUT2D eigenvalue weighted by atomic mass is 10.1. The minimum absolute atomic E-state index is 0.211. The third kappa shape index (κ3) is 4.64. The van der Waals surface area contributed by atoms with Gasteiger partial charge in [0.15, 0.2) is 0 Å². The Kier molecular flexibility index (Phi) is 5.92. The predicted molar refractivity (Wildman–Crippen MR) is 106 cm³/mol. The second kappa shape index (κ2) is 8.54. The molecule has 0 radical (unpaired) electrons. The molecule has 0 unspecified atom stereocenters. The Labute approximate surface area is 156 Å². The van der Waals surface area contributed by atoms with Crippen molar-refractivity contribution in [3.05, 3.63) is 90.2 Å². The summed E-state index contributed by atoms with van der Waals surface area (Å²) >= 11 is 1.64. The molecule has 0 saturated heterocycles. The van der Waals surface area contributed by atoms with Crippen molar-refractivity contribution < 1.29 is 9.18 Å². The molecule has 2 N–H and O–H groups in total. The second-order valence-corrected chi connectivity index (χ2v) is 6.60. The number of hydrogen-bond acceptors (Lipinski definition) is 3. The smallest absolute Gasteiger partial charge is 0.251 e. The first-order valence-electron chi connectivity index (χ1n) is 8.17. The highest BCUT2D eigenvalue weighted by atomic mass is 32.2. The van der Waals surface area contributed by atoms with E-state index in [0.717, 1.165) is 16.1 Å². The molecule has 0 saturated carbocycles. The van der Waals surface area contributed by atoms with Crippen molar-refractivity contribution in [2.24, 2.45) is 0 Å². The Morgan fingerprint density at radius 1 is 0.923 bits per heavy atom. The van der Waals surface area contributed by atoms with Crippen LogP contribution in [0.3, 0.4) is 0 Å². The van der Waals surface area contributed by atoms with E-state index in [1.165, 1.54) is 12.1 Å². The van der Waals surface area contributed by atoms with Gasteiger partial charge in [-0.2, -0.15) is 0 Å². The maximum absolute atomic E-state index is 13.1. The van der Waals surface area contributed by atoms with Crippen LogP contribution < -0.4 is 10.6 Å². The van der Waals surface area contributed by atoms with E-state index in [1.54, 1.807) is 23.9 Å². The van der Waals surface area contributed by atoms with E-state index in [2.05, 4.69) is 10.6 Å². The van der Waals surface area contributed by atoms with Crippen molar-refractivity contribution in [3.8, 4) is 0 Å². The summed E-state index contributed by atoms with van der Waals surface area (Å²) in [4.78, 5) is 14.0. The number of amides is 1. The predicted octanol–water partition coefficient (Wildman–Crippen LogP) is 5.34. The van der Waals surface area contributed by atoms with Gasteiger partial charge in [0.25, 0.3) is 5.91 Å². The zero-order chi connectivity index (χ0) is 18.4. The van der Waals surface area contributed by atoms with Gasteiger partial charge in [0.2, 0.25) is 0 Å². The van der Waals surface area contributed by atoms with Crippen molar-refractivity contribution in [1.82, 2.24) is 0 Å². The van der Waals surface area contributed by atoms with Crippen LogP contribution in [0.4, 0.5) is 15.8 Å². The summed E-state index contributed by atoms with van der Waals surface area (Å²) in [5.74, 6) is -0.549. The molecule has 3 aromatic carbocycles. The van der Waals surface area contributed by atoms with Crippen molar-refractivity contribution in [1.29, 1.82) is 0 Å². The standard InChI is InChI=1S/C21H19FN2OS/c1-26-19-9-5-8-18(14-19)23-20(15-6-3-2-4-7-15)21(25)24-17-12-10-16(22)11-13-17/h2-14,20,23H,1H3,(H,24,25)/t20-/m1/s1. The number of hydrogen-bond donors (Lipinski definition) is 2. The molecule has 0 fully saturated rings. The number of rotatable bonds is 6. The van der Waals surface area contributed by atoms with Crippen LogP contribution in [0.1, 0.15) is 11.6 Å². The summed E-state index contributed by atoms with van der Waals surface area (Å²) in [5.41, 5.74) is 2.26. The maximum Gasteiger partial charge on any atom is 0.251 e. The van der Waals surface area contributed by atoms with Gasteiger partial charge in [-0.25, -0.2) is 4.39 Å². The lowest BCUT2D eigenvalue weighted by molar-refractivity contribution is -0.117. The Hall–Kier alpha value is -2.79. The molecule has 0 aliphatic carbocycles. The molecule has 132 valence electrons. The van der Waals surface area contributed by atoms with Gasteiger partial charge in [-0.15, -0.1) is 11.8 Å². The monoisotopic (exact) mass is 366 g/mol. The molecule has 3 rings (SSSR count). The van der Waals surface area contributed by atoms with Crippen LogP contribution >= 0.6 is 11.8 Å². The topological polar surface area (TPSA) is 41.1 Å². The summed E-state index contributed by atoms with van der Waals surface area (Å²) in [5, 5.41) is 6.15. The van der Waals surface area contributed by atoms with Gasteiger partial charge in [-0.3, -0.25) is 4.79 Å². The Balaban J connectivity index is 1.85. The third-order valence-corrected chi connectivity index (χ3v) is 4.61. The fourth-order valence-corrected chi connectivity index (χ4v) is 3.03. The second-order valence-electron chi connectivity index (χ2n) is 5.72. The van der Waals surface area contributed by atoms with Gasteiger partial charge in [0, 0.05) is 16.3 Å². The molecule has 0 bridgehead atoms. The van der Waals surface area contributed by atoms with Crippen LogP contribution in [0.15, 0.2) is 83.8 Å². The van der Waals surface area contributed by atoms with Gasteiger partial charge in [-0.1, -0.05) is 36.4 Å². The van der Waals surface area contributed by atoms with Gasteiger partial charge in [-0.05, 0) is 54.3 Å². The summed E-state index contributed by atoms with van der Waals surface area (Å²) in [6.45, 7) is 0. The first-order chi connectivity index (χ1) is 12.7. The Bertz CT molecular complexity index is 869. The lowest BCUT2D eigenvalue weighted by Gasteiger charge is -2.20. The van der Waals surface area contributed by atoms with Gasteiger partial charge in [0.05, 0.1) is 0 Å². The maximum atomic E-state index is 13.1. The lowest BCUT2D eigenvalue weighted by Crippen LogP contribution is -2.27. The largest absolute Gasteiger partial charge is 0.370 e. The average Bonchev–Trinajstić information content (AvgIpc) is 2.68. The van der Waals surface area contributed by atoms with Crippen molar-refractivity contribution in [3.63, 3.8) is 0 Å². The summed E-state index contributed by atoms with van der Waals surface area (Å²) < 4.78 is 13.1. The van der Waals surface area contributed by atoms with E-state index in [4.69, 9.17) is 0 Å². The highest BCUT2D eigenvalue weighted by Gasteiger charge is 2.20. The zero-order valence-electron chi connectivity index (χ0n) is 14.3. The van der Waals surface area contributed by atoms with E-state index < -0.39 is 6.04 Å². The molecule has 0 aromatic heterocycles. The van der Waals surface area contributed by atoms with Gasteiger partial charge >= 0.3 is 0 Å². The number of carbonyl (C=O) groups excluding carboxylic acids is 1. The molecular weight excluding hydrogens is 347 g/mol. The molecule has 0 aliphatic heterocycles. The number of thioether (sulfide) groups is 1. The van der Waals surface area contributed by atoms with E-state index >= 15 is 0 Å². The van der Waals surface area contributed by atoms with E-state index in [-0.39, 0.29) is 11.7 Å². The number of halogens is 1. The van der Waals surface area contributed by atoms with Crippen LogP contribution in [-0.2, 0) is 4.79 Å². The van der Waals surface area contributed by atoms with Crippen LogP contribution in [0.5, 0.6) is 0 Å². The number of benzene rings is 3. The van der Waals surface area contributed by atoms with Crippen molar-refractivity contribution in [2.45, 2.75) is 10.9 Å². The van der Waals surface area contributed by atoms with Crippen LogP contribution in [0.25, 0.3) is 0 Å². The van der Waals surface area contributed by atoms with Gasteiger partial charge in [0.1, 0.15) is 11.9 Å². The Morgan fingerprint density at radius 3 is 2.35 bits per heavy atom. The minimum Gasteiger partial charge on any atom is -0.370 e. The van der Waals surface area contributed by atoms with E-state index in [0.29, 0.717) is 5.69 Å². The summed E-state index contributed by atoms with van der Waals surface area (Å²) in [6, 6.07) is 22.6. The number of anilines is 2. The van der Waals surface area contributed by atoms with Crippen molar-refractivity contribution in [2.75, 3.05) is 16.9 Å². The molecule has 3 nitrogen and oxygen atoms in total. The fraction of sp³-hybridized carbons (Fsp3) is 0.0952. The molecule has 1 amide bonds. The highest BCUT2D eigenvalue weighted by molar-refractivity contribution is 7.98. The molecular formula is C21H19FN2OS. The fourth-order valence-electron chi connectivity index (χ4n) is 2.57. The quantitative estimate of drug-likeness (QED) is 0.579. The summed E-state index contributed by atoms with van der Waals surface area (Å²) in [6.07, 6.45) is 2.01. The Morgan fingerprint density at radius 2 is 1.65 bits per heavy atom. The molecule has 1 atom stereocenters. The number of carbonyl (C=O) groups is 1. The van der Waals surface area contributed by atoms with E-state index in [9.17, 15) is 9.18 Å². The first kappa shape index (κ1) is 18.0. The van der Waals surface area contributed by atoms with E-state index in [1.807, 2.05) is 60.9 Å². The SMILES string of the molecule is CSc1cccc(N[C@@H](C(=O)Nc2ccc(F)cc2)c2ccccc2)c1. The average molecular weight is 366 g/mol. The van der Waals surface area contributed by atoms with Crippen LogP contribution in [0, 0.1) is 5.82 Å². The first-order valence-corrected chi connectivity index (χ1v) is 9.40. The molecule has 3 aromatic rings. The van der Waals surface area contributed by atoms with Crippen molar-refractivity contribution >= 4 is 29.0 Å². The van der Waals surface area contributed by atoms with Gasteiger partial charge < -0.3 is 10.6 Å². The minimum atomic E-state index is -0.571. The molecule has 0 spiro atoms. The highest BCUT2D eigenvalue weighted by Crippen LogP contribution is 2.25. The normalized spacial score (nSPS) is 11.6. The molecule has 26 heavy (non-hydrogen) atoms. The summed E-state index contributed by atoms with van der Waals surface area (Å²) in [7, 11) is 0. The van der Waals surface area contributed by atoms with Crippen LogP contribution in [0.2, 0.25) is 0 Å². The van der Waals surface area contributed by atoms with Crippen LogP contribution in [-0.4, -0.2) is 12.2 Å².